The van der Waals surface area contributed by atoms with Gasteiger partial charge in [0.2, 0.25) is 11.8 Å². The summed E-state index contributed by atoms with van der Waals surface area (Å²) in [4.78, 5) is 46.1. The van der Waals surface area contributed by atoms with E-state index in [0.29, 0.717) is 29.1 Å². The molecule has 14 heteroatoms. The number of ketones is 1. The Bertz CT molecular complexity index is 1410. The predicted octanol–water partition coefficient (Wildman–Crippen LogP) is 6.47. The molecule has 56 heavy (non-hydrogen) atoms. The van der Waals surface area contributed by atoms with E-state index in [4.69, 9.17) is 29.5 Å². The third kappa shape index (κ3) is 9.40. The van der Waals surface area contributed by atoms with Crippen molar-refractivity contribution in [3.05, 3.63) is 0 Å². The van der Waals surface area contributed by atoms with E-state index in [1.54, 1.807) is 13.8 Å². The van der Waals surface area contributed by atoms with E-state index in [1.807, 2.05) is 34.6 Å². The van der Waals surface area contributed by atoms with Crippen LogP contribution in [0.5, 0.6) is 0 Å². The fourth-order valence-electron chi connectivity index (χ4n) is 10.1. The number of hydrogen-bond acceptors (Lipinski definition) is 9. The van der Waals surface area contributed by atoms with E-state index in [9.17, 15) is 19.2 Å². The van der Waals surface area contributed by atoms with E-state index in [0.717, 1.165) is 37.5 Å². The second-order valence-electron chi connectivity index (χ2n) is 19.6. The summed E-state index contributed by atoms with van der Waals surface area (Å²) in [5, 5.41) is 13.7. The van der Waals surface area contributed by atoms with Gasteiger partial charge < -0.3 is 40.1 Å². The molecule has 2 saturated heterocycles. The Kier molecular flexibility index (Phi) is 15.6. The molecule has 0 spiro atoms. The Hall–Kier alpha value is -1.99. The van der Waals surface area contributed by atoms with Crippen LogP contribution in [0.1, 0.15) is 149 Å². The highest BCUT2D eigenvalue weighted by atomic mass is 16.7. The highest BCUT2D eigenvalue weighted by Gasteiger charge is 2.69. The molecule has 0 aromatic rings. The zero-order valence-corrected chi connectivity index (χ0v) is 36.3. The van der Waals surface area contributed by atoms with Gasteiger partial charge in [-0.2, -0.15) is 0 Å². The van der Waals surface area contributed by atoms with E-state index in [1.165, 1.54) is 19.8 Å². The number of carboxylic acid groups (broad SMARTS) is 1. The van der Waals surface area contributed by atoms with Crippen molar-refractivity contribution in [1.82, 2.24) is 10.6 Å². The maximum Gasteiger partial charge on any atom is 0.475 e. The summed E-state index contributed by atoms with van der Waals surface area (Å²) in [7, 11) is -0.540. The molecule has 2 amide bonds. The van der Waals surface area contributed by atoms with Crippen LogP contribution in [0.4, 0.5) is 0 Å². The van der Waals surface area contributed by atoms with Gasteiger partial charge >= 0.3 is 20.2 Å². The van der Waals surface area contributed by atoms with E-state index in [-0.39, 0.29) is 86.3 Å². The first-order chi connectivity index (χ1) is 25.3. The highest BCUT2D eigenvalue weighted by molar-refractivity contribution is 6.48. The molecule has 320 valence electrons. The Balaban J connectivity index is 0.000000246. The zero-order valence-electron chi connectivity index (χ0n) is 36.3. The van der Waals surface area contributed by atoms with Crippen LogP contribution < -0.4 is 16.4 Å². The first-order valence-corrected chi connectivity index (χ1v) is 21.1. The summed E-state index contributed by atoms with van der Waals surface area (Å²) in [6, 6.07) is -1.27. The van der Waals surface area contributed by atoms with Gasteiger partial charge in [-0.1, -0.05) is 76.7 Å². The summed E-state index contributed by atoms with van der Waals surface area (Å²) in [6.45, 7) is 28.5. The summed E-state index contributed by atoms with van der Waals surface area (Å²) >= 11 is 0. The Morgan fingerprint density at radius 3 is 1.46 bits per heavy atom. The lowest BCUT2D eigenvalue weighted by Crippen LogP contribution is -2.65. The van der Waals surface area contributed by atoms with Crippen molar-refractivity contribution in [2.75, 3.05) is 0 Å². The number of carbonyl (C=O) groups is 4. The number of carboxylic acids is 1. The van der Waals surface area contributed by atoms with Crippen molar-refractivity contribution < 1.29 is 42.9 Å². The van der Waals surface area contributed by atoms with Crippen molar-refractivity contribution in [2.45, 2.75) is 197 Å². The van der Waals surface area contributed by atoms with Crippen molar-refractivity contribution in [2.24, 2.45) is 52.1 Å². The van der Waals surface area contributed by atoms with Gasteiger partial charge in [-0.15, -0.1) is 0 Å². The lowest BCUT2D eigenvalue weighted by Gasteiger charge is -2.64. The second-order valence-corrected chi connectivity index (χ2v) is 19.6. The normalized spacial score (nSPS) is 35.6. The number of amides is 2. The van der Waals surface area contributed by atoms with Crippen molar-refractivity contribution in [1.29, 1.82) is 0 Å². The van der Waals surface area contributed by atoms with Crippen LogP contribution in [0.3, 0.4) is 0 Å². The number of nitrogens with two attached hydrogens (primary N) is 1. The fourth-order valence-corrected chi connectivity index (χ4v) is 10.1. The molecule has 12 nitrogen and oxygen atoms in total. The number of hydrogen-bond donors (Lipinski definition) is 4. The molecular weight excluding hydrogens is 712 g/mol. The van der Waals surface area contributed by atoms with Gasteiger partial charge in [0.25, 0.3) is 0 Å². The molecule has 8 aliphatic rings. The van der Waals surface area contributed by atoms with E-state index < -0.39 is 18.1 Å². The summed E-state index contributed by atoms with van der Waals surface area (Å²) < 4.78 is 24.9. The third-order valence-corrected chi connectivity index (χ3v) is 15.0. The molecule has 6 saturated carbocycles. The van der Waals surface area contributed by atoms with Gasteiger partial charge in [-0.05, 0) is 107 Å². The summed E-state index contributed by atoms with van der Waals surface area (Å²) in [5.74, 6) is 1.20. The van der Waals surface area contributed by atoms with Gasteiger partial charge in [0, 0.05) is 24.2 Å². The Morgan fingerprint density at radius 2 is 1.09 bits per heavy atom. The molecule has 0 radical (unpaired) electrons. The molecule has 6 aliphatic carbocycles. The Labute approximate surface area is 339 Å². The van der Waals surface area contributed by atoms with Crippen molar-refractivity contribution >= 4 is 37.8 Å². The molecule has 8 fully saturated rings. The minimum absolute atomic E-state index is 0. The van der Waals surface area contributed by atoms with Crippen LogP contribution in [0, 0.1) is 46.3 Å². The highest BCUT2D eigenvalue weighted by Crippen LogP contribution is 2.67. The van der Waals surface area contributed by atoms with Gasteiger partial charge in [0.15, 0.2) is 5.78 Å². The number of aliphatic carboxylic acids is 1. The lowest BCUT2D eigenvalue weighted by atomic mass is 9.43. The van der Waals surface area contributed by atoms with Gasteiger partial charge in [-0.3, -0.25) is 19.2 Å². The summed E-state index contributed by atoms with van der Waals surface area (Å²) in [5.41, 5.74) is 6.28. The van der Waals surface area contributed by atoms with E-state index >= 15 is 0 Å². The first kappa shape index (κ1) is 48.4. The second kappa shape index (κ2) is 18.1. The average molecular weight is 790 g/mol. The smallest absolute Gasteiger partial charge is 0.475 e. The van der Waals surface area contributed by atoms with Gasteiger partial charge in [0.1, 0.15) is 6.04 Å². The number of nitrogens with one attached hydrogen (secondary N) is 2. The standard InChI is InChI=1S/C21H36BNO4.C12H22BNO2.C8H15NO3.CH4/c1-8-12(2)19(25)23-14(4)16(24)9-13(3)22-26-18-11-15-10-17(20(15,5)6)21(18,7)27-22;1-7(14)13-15-10-6-8-5-9(11(8,2)3)12(10,4)16-13;1-4-5(2)7(10)9-6(3)8(11)12;/h12-15,17-18H,8-11H2,1-7H3,(H,23,25);7-10H,5-6,14H2,1-4H3;5-6H,4H2,1-3H3,(H,9,10)(H,11,12);1H4/t12?,13-,14?,15+,17+,18-,21+;7-,8-,9-,10+,12-;;/m10../s1. The minimum atomic E-state index is -1.01. The van der Waals surface area contributed by atoms with Gasteiger partial charge in [0.05, 0.1) is 29.5 Å². The monoisotopic (exact) mass is 790 g/mol. The van der Waals surface area contributed by atoms with Crippen molar-refractivity contribution in [3.63, 3.8) is 0 Å². The molecular formula is C42H77B2N3O9. The van der Waals surface area contributed by atoms with E-state index in [2.05, 4.69) is 52.2 Å². The van der Waals surface area contributed by atoms with Crippen LogP contribution in [-0.4, -0.2) is 84.3 Å². The fraction of sp³-hybridized carbons (Fsp3) is 0.905. The largest absolute Gasteiger partial charge is 0.480 e. The molecule has 0 aromatic carbocycles. The van der Waals surface area contributed by atoms with Crippen molar-refractivity contribution in [3.8, 4) is 0 Å². The maximum atomic E-state index is 12.6. The molecule has 2 aliphatic heterocycles. The predicted molar refractivity (Wildman–Crippen MR) is 221 cm³/mol. The van der Waals surface area contributed by atoms with Gasteiger partial charge in [-0.25, -0.2) is 0 Å². The SMILES string of the molecule is C.CCC(C)C(=O)NC(C)C(=O)C[C@@H](C)B1O[C@@H]2C[C@@H]3C[C@@H](C3(C)C)[C@]2(C)O1.CCC(C)C(=O)NC(C)C(=O)O.C[C@H](N)B1O[C@@H]2C[C@@H]3C[C@@H](C3(C)C)[C@]2(C)O1. The molecule has 14 atom stereocenters. The number of carbonyl (C=O) groups excluding carboxylic acids is 3. The average Bonchev–Trinajstić information content (AvgIpc) is 3.68. The summed E-state index contributed by atoms with van der Waals surface area (Å²) in [6.07, 6.45) is 6.97. The topological polar surface area (TPSA) is 176 Å². The van der Waals surface area contributed by atoms with Crippen LogP contribution in [0.15, 0.2) is 0 Å². The third-order valence-electron chi connectivity index (χ3n) is 15.0. The van der Waals surface area contributed by atoms with Crippen LogP contribution in [0.25, 0.3) is 0 Å². The zero-order chi connectivity index (χ0) is 41.6. The molecule has 4 unspecified atom stereocenters. The maximum absolute atomic E-state index is 12.6. The molecule has 2 heterocycles. The number of rotatable bonds is 12. The molecule has 4 bridgehead atoms. The molecule has 5 N–H and O–H groups in total. The Morgan fingerprint density at radius 1 is 0.696 bits per heavy atom. The molecule has 0 aromatic heterocycles. The van der Waals surface area contributed by atoms with Crippen LogP contribution in [0.2, 0.25) is 5.82 Å². The minimum Gasteiger partial charge on any atom is -0.480 e. The van der Waals surface area contributed by atoms with Crippen LogP contribution >= 0.6 is 0 Å². The number of Topliss-reactive ketones (excluding diaryl/α,β-unsaturated/α-hetero) is 1. The van der Waals surface area contributed by atoms with Crippen LogP contribution in [-0.2, 0) is 37.8 Å². The lowest BCUT2D eigenvalue weighted by molar-refractivity contribution is -0.199. The first-order valence-electron chi connectivity index (χ1n) is 21.1. The molecule has 8 rings (SSSR count). The quantitative estimate of drug-likeness (QED) is 0.160.